The number of carbonyl (C=O) groups is 2. The van der Waals surface area contributed by atoms with Crippen molar-refractivity contribution in [3.8, 4) is 0 Å². The van der Waals surface area contributed by atoms with Crippen LogP contribution < -0.4 is 0 Å². The highest BCUT2D eigenvalue weighted by Crippen LogP contribution is 2.42. The van der Waals surface area contributed by atoms with Gasteiger partial charge in [0.25, 0.3) is 0 Å². The predicted octanol–water partition coefficient (Wildman–Crippen LogP) is 7.74. The van der Waals surface area contributed by atoms with E-state index in [9.17, 15) is 44.7 Å². The molecule has 1 fully saturated rings. The van der Waals surface area contributed by atoms with Gasteiger partial charge in [-0.2, -0.15) is 26.3 Å². The first-order valence-electron chi connectivity index (χ1n) is 13.0. The summed E-state index contributed by atoms with van der Waals surface area (Å²) < 4.78 is 115. The molecule has 1 saturated heterocycles. The van der Waals surface area contributed by atoms with Gasteiger partial charge in [-0.1, -0.05) is 6.07 Å². The maximum atomic E-state index is 15.0. The van der Waals surface area contributed by atoms with Crippen LogP contribution >= 0.6 is 0 Å². The second-order valence-corrected chi connectivity index (χ2v) is 11.8. The van der Waals surface area contributed by atoms with Crippen LogP contribution in [-0.4, -0.2) is 47.5 Å². The fourth-order valence-corrected chi connectivity index (χ4v) is 4.88. The third kappa shape index (κ3) is 7.33. The molecule has 1 aliphatic rings. The van der Waals surface area contributed by atoms with Crippen molar-refractivity contribution in [3.63, 3.8) is 0 Å². The third-order valence-electron chi connectivity index (χ3n) is 7.41. The van der Waals surface area contributed by atoms with E-state index in [0.29, 0.717) is 18.2 Å². The molecule has 13 heteroatoms. The van der Waals surface area contributed by atoms with Gasteiger partial charge in [0, 0.05) is 38.0 Å². The lowest BCUT2D eigenvalue weighted by atomic mass is 9.78. The van der Waals surface area contributed by atoms with E-state index in [4.69, 9.17) is 4.74 Å². The number of ether oxygens (including phenoxy) is 1. The summed E-state index contributed by atoms with van der Waals surface area (Å²) in [5.41, 5.74) is -6.10. The minimum atomic E-state index is -5.09. The largest absolute Gasteiger partial charge is 0.444 e. The number of nitrogens with zero attached hydrogens (tertiary/aromatic N) is 2. The molecule has 0 aromatic heterocycles. The summed E-state index contributed by atoms with van der Waals surface area (Å²) in [6.45, 7) is 7.33. The highest BCUT2D eigenvalue weighted by atomic mass is 19.4. The molecule has 0 unspecified atom stereocenters. The molecule has 2 amide bonds. The van der Waals surface area contributed by atoms with E-state index in [0.717, 1.165) is 17.0 Å². The van der Waals surface area contributed by atoms with Crippen LogP contribution in [0.2, 0.25) is 0 Å². The molecule has 3 rings (SSSR count). The predicted molar refractivity (Wildman–Crippen MR) is 137 cm³/mol. The van der Waals surface area contributed by atoms with Gasteiger partial charge in [-0.05, 0) is 76.4 Å². The third-order valence-corrected chi connectivity index (χ3v) is 7.41. The fraction of sp³-hybridized carbons (Fsp3) is 0.517. The number of amides is 2. The van der Waals surface area contributed by atoms with Gasteiger partial charge in [0.15, 0.2) is 0 Å². The monoisotopic (exact) mass is 608 g/mol. The second-order valence-electron chi connectivity index (χ2n) is 11.8. The summed E-state index contributed by atoms with van der Waals surface area (Å²) in [4.78, 5) is 29.0. The van der Waals surface area contributed by atoms with Crippen LogP contribution in [-0.2, 0) is 27.4 Å². The summed E-state index contributed by atoms with van der Waals surface area (Å²) >= 11 is 0. The maximum absolute atomic E-state index is 15.0. The van der Waals surface area contributed by atoms with Gasteiger partial charge in [-0.25, -0.2) is 13.6 Å². The number of carbonyl (C=O) groups excluding carboxylic acids is 2. The van der Waals surface area contributed by atoms with Crippen LogP contribution in [0.5, 0.6) is 0 Å². The molecule has 0 saturated carbocycles. The Kier molecular flexibility index (Phi) is 8.97. The Morgan fingerprint density at radius 3 is 1.86 bits per heavy atom. The molecule has 232 valence electrons. The molecular formula is C29H32F8N2O3. The Morgan fingerprint density at radius 1 is 0.857 bits per heavy atom. The minimum Gasteiger partial charge on any atom is -0.444 e. The first-order chi connectivity index (χ1) is 19.0. The number of hydrogen-bond donors (Lipinski definition) is 0. The topological polar surface area (TPSA) is 49.9 Å². The summed E-state index contributed by atoms with van der Waals surface area (Å²) in [5, 5.41) is 0. The number of likely N-dealkylation sites (tertiary alicyclic amines) is 1. The molecule has 0 bridgehead atoms. The van der Waals surface area contributed by atoms with Crippen molar-refractivity contribution in [1.29, 1.82) is 0 Å². The number of rotatable bonds is 4. The summed E-state index contributed by atoms with van der Waals surface area (Å²) in [7, 11) is 1.23. The molecule has 0 aliphatic carbocycles. The molecule has 0 spiro atoms. The van der Waals surface area contributed by atoms with Gasteiger partial charge in [0.1, 0.15) is 17.2 Å². The van der Waals surface area contributed by atoms with E-state index in [2.05, 4.69) is 0 Å². The number of alkyl halides is 6. The van der Waals surface area contributed by atoms with Crippen molar-refractivity contribution in [1.82, 2.24) is 9.80 Å². The Morgan fingerprint density at radius 2 is 1.38 bits per heavy atom. The summed E-state index contributed by atoms with van der Waals surface area (Å²) in [6, 6.07) is 3.87. The normalized spacial score (nSPS) is 18.6. The number of halogens is 8. The number of hydrogen-bond acceptors (Lipinski definition) is 3. The first-order valence-corrected chi connectivity index (χ1v) is 13.0. The average Bonchev–Trinajstić information content (AvgIpc) is 2.85. The number of benzene rings is 2. The van der Waals surface area contributed by atoms with Crippen molar-refractivity contribution in [2.45, 2.75) is 70.4 Å². The zero-order chi connectivity index (χ0) is 32.0. The average molecular weight is 609 g/mol. The zero-order valence-electron chi connectivity index (χ0n) is 23.9. The molecule has 0 N–H and O–H groups in total. The Bertz CT molecular complexity index is 1300. The van der Waals surface area contributed by atoms with Crippen LogP contribution in [0.1, 0.15) is 69.2 Å². The molecular weight excluding hydrogens is 576 g/mol. The van der Waals surface area contributed by atoms with E-state index >= 15 is 0 Å². The standard InChI is InChI=1S/C29H32F8N2O3/c1-26(2,3)42-25(41)39-10-9-21(22(15-39)20-8-7-19(30)14-23(20)31)24(40)38(6)27(4,5)16-11-17(28(32,33)34)13-18(12-16)29(35,36)37/h7-8,11-14,21-22H,9-10,15H2,1-6H3/t21-,22+/m0/s1. The van der Waals surface area contributed by atoms with Gasteiger partial charge in [-0.15, -0.1) is 0 Å². The van der Waals surface area contributed by atoms with Crippen LogP contribution in [0.25, 0.3) is 0 Å². The van der Waals surface area contributed by atoms with Crippen LogP contribution in [0.15, 0.2) is 36.4 Å². The Balaban J connectivity index is 2.03. The van der Waals surface area contributed by atoms with E-state index < -0.39 is 75.7 Å². The molecule has 2 aromatic rings. The van der Waals surface area contributed by atoms with Crippen molar-refractivity contribution < 1.29 is 49.4 Å². The Labute approximate surface area is 238 Å². The highest BCUT2D eigenvalue weighted by Gasteiger charge is 2.44. The second kappa shape index (κ2) is 11.4. The number of piperidine rings is 1. The van der Waals surface area contributed by atoms with Crippen molar-refractivity contribution in [2.24, 2.45) is 5.92 Å². The quantitative estimate of drug-likeness (QED) is 0.334. The minimum absolute atomic E-state index is 0.000678. The van der Waals surface area contributed by atoms with Crippen LogP contribution in [0, 0.1) is 17.6 Å². The zero-order valence-corrected chi connectivity index (χ0v) is 23.9. The van der Waals surface area contributed by atoms with Crippen molar-refractivity contribution in [3.05, 3.63) is 70.3 Å². The fourth-order valence-electron chi connectivity index (χ4n) is 4.88. The van der Waals surface area contributed by atoms with E-state index in [-0.39, 0.29) is 31.1 Å². The first kappa shape index (κ1) is 33.1. The van der Waals surface area contributed by atoms with Crippen LogP contribution in [0.4, 0.5) is 39.9 Å². The van der Waals surface area contributed by atoms with Crippen molar-refractivity contribution in [2.75, 3.05) is 20.1 Å². The molecule has 5 nitrogen and oxygen atoms in total. The molecule has 2 atom stereocenters. The SMILES string of the molecule is CN(C(=O)[C@H]1CCN(C(=O)OC(C)(C)C)C[C@@H]1c1ccc(F)cc1F)C(C)(C)c1cc(C(F)(F)F)cc(C(F)(F)F)c1. The van der Waals surface area contributed by atoms with Gasteiger partial charge >= 0.3 is 18.4 Å². The van der Waals surface area contributed by atoms with Gasteiger partial charge in [-0.3, -0.25) is 4.79 Å². The lowest BCUT2D eigenvalue weighted by Crippen LogP contribution is -2.52. The molecule has 1 heterocycles. The van der Waals surface area contributed by atoms with Gasteiger partial charge in [0.05, 0.1) is 16.7 Å². The summed E-state index contributed by atoms with van der Waals surface area (Å²) in [6.07, 6.45) is -10.9. The van der Waals surface area contributed by atoms with E-state index in [1.54, 1.807) is 20.8 Å². The summed E-state index contributed by atoms with van der Waals surface area (Å²) in [5.74, 6) is -4.63. The van der Waals surface area contributed by atoms with E-state index in [1.165, 1.54) is 25.8 Å². The molecule has 0 radical (unpaired) electrons. The van der Waals surface area contributed by atoms with E-state index in [1.807, 2.05) is 0 Å². The Hall–Kier alpha value is -3.38. The maximum Gasteiger partial charge on any atom is 0.416 e. The molecule has 1 aliphatic heterocycles. The van der Waals surface area contributed by atoms with Crippen molar-refractivity contribution >= 4 is 12.0 Å². The molecule has 42 heavy (non-hydrogen) atoms. The van der Waals surface area contributed by atoms with Gasteiger partial charge < -0.3 is 14.5 Å². The van der Waals surface area contributed by atoms with Gasteiger partial charge in [0.2, 0.25) is 5.91 Å². The lowest BCUT2D eigenvalue weighted by molar-refractivity contribution is -0.143. The lowest BCUT2D eigenvalue weighted by Gasteiger charge is -2.43. The smallest absolute Gasteiger partial charge is 0.416 e. The van der Waals surface area contributed by atoms with Crippen LogP contribution in [0.3, 0.4) is 0 Å². The highest BCUT2D eigenvalue weighted by molar-refractivity contribution is 5.81. The molecule has 2 aromatic carbocycles.